The van der Waals surface area contributed by atoms with Crippen molar-refractivity contribution in [1.29, 1.82) is 0 Å². The second-order valence-corrected chi connectivity index (χ2v) is 3.36. The monoisotopic (exact) mass is 223 g/mol. The molecule has 2 rings (SSSR count). The minimum atomic E-state index is -0.556. The molecule has 1 atom stereocenters. The van der Waals surface area contributed by atoms with E-state index in [0.29, 0.717) is 0 Å². The Balaban J connectivity index is 0.00000112. The predicted molar refractivity (Wildman–Crippen MR) is 65.2 cm³/mol. The quantitative estimate of drug-likeness (QED) is 0.821. The standard InChI is InChI=1S/C12H13NO.ClH/c13-8-12(14)11-6-5-9-3-1-2-4-10(9)7-11;/h1-7,12,14H,8,13H2;1H. The van der Waals surface area contributed by atoms with E-state index in [0.717, 1.165) is 10.9 Å². The van der Waals surface area contributed by atoms with E-state index in [2.05, 4.69) is 0 Å². The lowest BCUT2D eigenvalue weighted by molar-refractivity contribution is 0.187. The van der Waals surface area contributed by atoms with Gasteiger partial charge in [-0.15, -0.1) is 12.4 Å². The molecule has 0 aromatic heterocycles. The van der Waals surface area contributed by atoms with Crippen molar-refractivity contribution in [1.82, 2.24) is 0 Å². The molecule has 3 N–H and O–H groups in total. The van der Waals surface area contributed by atoms with Crippen molar-refractivity contribution in [3.8, 4) is 0 Å². The lowest BCUT2D eigenvalue weighted by Crippen LogP contribution is -2.11. The van der Waals surface area contributed by atoms with Crippen LogP contribution in [0.2, 0.25) is 0 Å². The molecule has 0 saturated carbocycles. The average molecular weight is 224 g/mol. The van der Waals surface area contributed by atoms with Crippen molar-refractivity contribution in [2.24, 2.45) is 5.73 Å². The number of aliphatic hydroxyl groups is 1. The molecule has 0 fully saturated rings. The first-order chi connectivity index (χ1) is 6.81. The van der Waals surface area contributed by atoms with Crippen LogP contribution in [0.5, 0.6) is 0 Å². The normalized spacial score (nSPS) is 12.1. The Morgan fingerprint density at radius 3 is 2.40 bits per heavy atom. The maximum absolute atomic E-state index is 9.56. The summed E-state index contributed by atoms with van der Waals surface area (Å²) in [6.07, 6.45) is -0.556. The van der Waals surface area contributed by atoms with Crippen LogP contribution in [0.3, 0.4) is 0 Å². The number of rotatable bonds is 2. The molecule has 0 radical (unpaired) electrons. The molecule has 0 saturated heterocycles. The molecule has 2 nitrogen and oxygen atoms in total. The van der Waals surface area contributed by atoms with E-state index in [4.69, 9.17) is 5.73 Å². The topological polar surface area (TPSA) is 46.2 Å². The maximum Gasteiger partial charge on any atom is 0.0912 e. The van der Waals surface area contributed by atoms with Gasteiger partial charge in [-0.05, 0) is 22.4 Å². The highest BCUT2D eigenvalue weighted by Crippen LogP contribution is 2.19. The Hall–Kier alpha value is -1.09. The maximum atomic E-state index is 9.56. The SMILES string of the molecule is Cl.NCC(O)c1ccc2ccccc2c1. The molecule has 1 unspecified atom stereocenters. The lowest BCUT2D eigenvalue weighted by Gasteiger charge is -2.08. The van der Waals surface area contributed by atoms with Crippen LogP contribution < -0.4 is 5.73 Å². The molecular weight excluding hydrogens is 210 g/mol. The summed E-state index contributed by atoms with van der Waals surface area (Å²) < 4.78 is 0. The third kappa shape index (κ3) is 2.48. The zero-order chi connectivity index (χ0) is 9.97. The summed E-state index contributed by atoms with van der Waals surface area (Å²) in [5.41, 5.74) is 6.28. The van der Waals surface area contributed by atoms with Gasteiger partial charge < -0.3 is 10.8 Å². The van der Waals surface area contributed by atoms with Crippen LogP contribution in [0.15, 0.2) is 42.5 Å². The molecule has 0 aliphatic heterocycles. The summed E-state index contributed by atoms with van der Waals surface area (Å²) >= 11 is 0. The van der Waals surface area contributed by atoms with Crippen molar-refractivity contribution >= 4 is 23.2 Å². The van der Waals surface area contributed by atoms with Crippen molar-refractivity contribution in [2.45, 2.75) is 6.10 Å². The molecular formula is C12H14ClNO. The fourth-order valence-electron chi connectivity index (χ4n) is 1.55. The Morgan fingerprint density at radius 2 is 1.73 bits per heavy atom. The largest absolute Gasteiger partial charge is 0.387 e. The van der Waals surface area contributed by atoms with Crippen LogP contribution in [0.4, 0.5) is 0 Å². The number of hydrogen-bond donors (Lipinski definition) is 2. The summed E-state index contributed by atoms with van der Waals surface area (Å²) in [5, 5.41) is 11.9. The van der Waals surface area contributed by atoms with Crippen molar-refractivity contribution in [3.05, 3.63) is 48.0 Å². The van der Waals surface area contributed by atoms with Crippen molar-refractivity contribution in [3.63, 3.8) is 0 Å². The van der Waals surface area contributed by atoms with Gasteiger partial charge in [0.25, 0.3) is 0 Å². The second-order valence-electron chi connectivity index (χ2n) is 3.36. The molecule has 0 aliphatic carbocycles. The third-order valence-corrected chi connectivity index (χ3v) is 2.38. The van der Waals surface area contributed by atoms with Gasteiger partial charge in [-0.1, -0.05) is 36.4 Å². The number of aliphatic hydroxyl groups excluding tert-OH is 1. The highest BCUT2D eigenvalue weighted by Gasteiger charge is 2.04. The van der Waals surface area contributed by atoms with E-state index in [1.807, 2.05) is 42.5 Å². The van der Waals surface area contributed by atoms with Crippen LogP contribution in [-0.2, 0) is 0 Å². The summed E-state index contributed by atoms with van der Waals surface area (Å²) in [4.78, 5) is 0. The Bertz CT molecular complexity index is 444. The predicted octanol–water partition coefficient (Wildman–Crippen LogP) is 2.25. The highest BCUT2D eigenvalue weighted by atomic mass is 35.5. The van der Waals surface area contributed by atoms with E-state index in [1.165, 1.54) is 5.39 Å². The smallest absolute Gasteiger partial charge is 0.0912 e. The number of hydrogen-bond acceptors (Lipinski definition) is 2. The third-order valence-electron chi connectivity index (χ3n) is 2.38. The molecule has 80 valence electrons. The van der Waals surface area contributed by atoms with Crippen LogP contribution in [0.1, 0.15) is 11.7 Å². The van der Waals surface area contributed by atoms with E-state index >= 15 is 0 Å². The fraction of sp³-hybridized carbons (Fsp3) is 0.167. The van der Waals surface area contributed by atoms with Crippen molar-refractivity contribution < 1.29 is 5.11 Å². The first kappa shape index (κ1) is 12.0. The second kappa shape index (κ2) is 5.12. The van der Waals surface area contributed by atoms with E-state index in [9.17, 15) is 5.11 Å². The molecule has 0 bridgehead atoms. The van der Waals surface area contributed by atoms with Crippen LogP contribution >= 0.6 is 12.4 Å². The minimum Gasteiger partial charge on any atom is -0.387 e. The zero-order valence-corrected chi connectivity index (χ0v) is 9.08. The zero-order valence-electron chi connectivity index (χ0n) is 8.26. The van der Waals surface area contributed by atoms with Gasteiger partial charge in [0.05, 0.1) is 6.10 Å². The first-order valence-corrected chi connectivity index (χ1v) is 4.68. The summed E-state index contributed by atoms with van der Waals surface area (Å²) in [7, 11) is 0. The molecule has 2 aromatic rings. The van der Waals surface area contributed by atoms with Gasteiger partial charge >= 0.3 is 0 Å². The van der Waals surface area contributed by atoms with E-state index in [1.54, 1.807) is 0 Å². The molecule has 0 aliphatic rings. The molecule has 0 amide bonds. The van der Waals surface area contributed by atoms with Gasteiger partial charge in [-0.2, -0.15) is 0 Å². The number of fused-ring (bicyclic) bond motifs is 1. The van der Waals surface area contributed by atoms with Crippen LogP contribution in [-0.4, -0.2) is 11.7 Å². The molecule has 2 aromatic carbocycles. The molecule has 0 spiro atoms. The highest BCUT2D eigenvalue weighted by molar-refractivity contribution is 5.85. The fourth-order valence-corrected chi connectivity index (χ4v) is 1.55. The van der Waals surface area contributed by atoms with Crippen LogP contribution in [0, 0.1) is 0 Å². The van der Waals surface area contributed by atoms with Gasteiger partial charge in [0, 0.05) is 6.54 Å². The van der Waals surface area contributed by atoms with E-state index < -0.39 is 6.10 Å². The van der Waals surface area contributed by atoms with Crippen LogP contribution in [0.25, 0.3) is 10.8 Å². The van der Waals surface area contributed by atoms with Gasteiger partial charge in [-0.25, -0.2) is 0 Å². The Morgan fingerprint density at radius 1 is 1.07 bits per heavy atom. The summed E-state index contributed by atoms with van der Waals surface area (Å²) in [6.45, 7) is 0.262. The molecule has 15 heavy (non-hydrogen) atoms. The minimum absolute atomic E-state index is 0. The van der Waals surface area contributed by atoms with E-state index in [-0.39, 0.29) is 19.0 Å². The van der Waals surface area contributed by atoms with Gasteiger partial charge in [0.15, 0.2) is 0 Å². The number of nitrogens with two attached hydrogens (primary N) is 1. The Kier molecular flexibility index (Phi) is 4.09. The average Bonchev–Trinajstić information content (AvgIpc) is 2.27. The molecule has 3 heteroatoms. The number of halogens is 1. The van der Waals surface area contributed by atoms with Crippen molar-refractivity contribution in [2.75, 3.05) is 6.54 Å². The van der Waals surface area contributed by atoms with Gasteiger partial charge in [0.2, 0.25) is 0 Å². The Labute approximate surface area is 95.1 Å². The molecule has 0 heterocycles. The number of benzene rings is 2. The van der Waals surface area contributed by atoms with Gasteiger partial charge in [0.1, 0.15) is 0 Å². The first-order valence-electron chi connectivity index (χ1n) is 4.68. The summed E-state index contributed by atoms with van der Waals surface area (Å²) in [6, 6.07) is 14.0. The summed E-state index contributed by atoms with van der Waals surface area (Å²) in [5.74, 6) is 0. The van der Waals surface area contributed by atoms with Gasteiger partial charge in [-0.3, -0.25) is 0 Å². The lowest BCUT2D eigenvalue weighted by atomic mass is 10.0.